The fourth-order valence-electron chi connectivity index (χ4n) is 3.36. The molecule has 0 N–H and O–H groups in total. The van der Waals surface area contributed by atoms with E-state index in [1.807, 2.05) is 25.1 Å². The Kier molecular flexibility index (Phi) is 6.58. The second-order valence-electron chi connectivity index (χ2n) is 7.58. The van der Waals surface area contributed by atoms with Crippen LogP contribution in [-0.2, 0) is 14.9 Å². The molecule has 0 saturated carbocycles. The number of anilines is 1. The number of hydrazone groups is 1. The van der Waals surface area contributed by atoms with E-state index in [2.05, 4.69) is 21.0 Å². The van der Waals surface area contributed by atoms with Crippen LogP contribution >= 0.6 is 15.9 Å². The van der Waals surface area contributed by atoms with E-state index < -0.39 is 10.1 Å². The second kappa shape index (κ2) is 9.44. The van der Waals surface area contributed by atoms with Gasteiger partial charge in [0.05, 0.1) is 28.6 Å². The van der Waals surface area contributed by atoms with Crippen molar-refractivity contribution in [1.82, 2.24) is 0 Å². The van der Waals surface area contributed by atoms with Crippen molar-refractivity contribution in [3.05, 3.63) is 87.9 Å². The van der Waals surface area contributed by atoms with Gasteiger partial charge in [0.2, 0.25) is 0 Å². The van der Waals surface area contributed by atoms with Crippen molar-refractivity contribution in [2.45, 2.75) is 18.7 Å². The Balaban J connectivity index is 1.66. The number of ether oxygens (including phenoxy) is 1. The van der Waals surface area contributed by atoms with Crippen molar-refractivity contribution in [2.75, 3.05) is 12.1 Å². The van der Waals surface area contributed by atoms with Crippen LogP contribution < -0.4 is 13.9 Å². The third-order valence-electron chi connectivity index (χ3n) is 5.13. The molecule has 0 aliphatic carbocycles. The molecule has 0 atom stereocenters. The molecule has 9 heteroatoms. The van der Waals surface area contributed by atoms with Crippen molar-refractivity contribution in [1.29, 1.82) is 0 Å². The van der Waals surface area contributed by atoms with Crippen molar-refractivity contribution >= 4 is 49.4 Å². The van der Waals surface area contributed by atoms with Gasteiger partial charge in [0.25, 0.3) is 5.91 Å². The fourth-order valence-corrected chi connectivity index (χ4v) is 4.97. The summed E-state index contributed by atoms with van der Waals surface area (Å²) in [7, 11) is -2.67. The van der Waals surface area contributed by atoms with Gasteiger partial charge < -0.3 is 8.92 Å². The number of benzene rings is 3. The molecule has 34 heavy (non-hydrogen) atoms. The Morgan fingerprint density at radius 1 is 1.00 bits per heavy atom. The molecule has 1 aliphatic heterocycles. The largest absolute Gasteiger partial charge is 0.493 e. The standard InChI is InChI=1S/C25H21BrN2O5S/c1-16-9-11-20(12-10-16)34(30,31)33-24-22(26)14-18(15-23(24)32-3)13-21-17(2)27-28(25(21)29)19-7-5-4-6-8-19/h4-15H,1-3H3/b21-13+. The maximum Gasteiger partial charge on any atom is 0.339 e. The molecule has 3 aromatic carbocycles. The number of aryl methyl sites for hydroxylation is 1. The summed E-state index contributed by atoms with van der Waals surface area (Å²) in [5, 5.41) is 5.72. The first-order valence-corrected chi connectivity index (χ1v) is 12.4. The van der Waals surface area contributed by atoms with E-state index in [0.29, 0.717) is 27.0 Å². The molecule has 0 aromatic heterocycles. The number of nitrogens with zero attached hydrogens (tertiary/aromatic N) is 2. The molecule has 3 aromatic rings. The third kappa shape index (κ3) is 4.76. The van der Waals surface area contributed by atoms with Gasteiger partial charge in [-0.3, -0.25) is 4.79 Å². The van der Waals surface area contributed by atoms with Crippen molar-refractivity contribution in [3.63, 3.8) is 0 Å². The smallest absolute Gasteiger partial charge is 0.339 e. The number of rotatable bonds is 6. The molecular weight excluding hydrogens is 520 g/mol. The van der Waals surface area contributed by atoms with Gasteiger partial charge in [0.15, 0.2) is 11.5 Å². The topological polar surface area (TPSA) is 85.3 Å². The van der Waals surface area contributed by atoms with Gasteiger partial charge in [0, 0.05) is 0 Å². The van der Waals surface area contributed by atoms with Crippen LogP contribution in [0.2, 0.25) is 0 Å². The molecule has 7 nitrogen and oxygen atoms in total. The summed E-state index contributed by atoms with van der Waals surface area (Å²) in [6, 6.07) is 18.7. The summed E-state index contributed by atoms with van der Waals surface area (Å²) < 4.78 is 36.7. The van der Waals surface area contributed by atoms with Crippen molar-refractivity contribution < 1.29 is 22.1 Å². The SMILES string of the molecule is COc1cc(/C=C2/C(=O)N(c3ccccc3)N=C2C)cc(Br)c1OS(=O)(=O)c1ccc(C)cc1. The van der Waals surface area contributed by atoms with Crippen LogP contribution in [-0.4, -0.2) is 27.1 Å². The number of para-hydroxylation sites is 1. The minimum Gasteiger partial charge on any atom is -0.493 e. The molecule has 1 heterocycles. The molecule has 0 fully saturated rings. The summed E-state index contributed by atoms with van der Waals surface area (Å²) in [5.41, 5.74) is 3.18. The molecule has 174 valence electrons. The van der Waals surface area contributed by atoms with Crippen LogP contribution in [0.3, 0.4) is 0 Å². The van der Waals surface area contributed by atoms with Crippen LogP contribution in [0.25, 0.3) is 6.08 Å². The van der Waals surface area contributed by atoms with Crippen molar-refractivity contribution in [3.8, 4) is 11.5 Å². The summed E-state index contributed by atoms with van der Waals surface area (Å²) in [4.78, 5) is 13.0. The zero-order valence-corrected chi connectivity index (χ0v) is 21.1. The number of carbonyl (C=O) groups is 1. The Morgan fingerprint density at radius 2 is 1.68 bits per heavy atom. The molecule has 0 spiro atoms. The highest BCUT2D eigenvalue weighted by Gasteiger charge is 2.29. The van der Waals surface area contributed by atoms with E-state index in [-0.39, 0.29) is 22.3 Å². The summed E-state index contributed by atoms with van der Waals surface area (Å²) in [6.07, 6.45) is 1.68. The van der Waals surface area contributed by atoms with Crippen LogP contribution in [0.5, 0.6) is 11.5 Å². The molecule has 0 bridgehead atoms. The van der Waals surface area contributed by atoms with E-state index in [1.54, 1.807) is 49.4 Å². The summed E-state index contributed by atoms with van der Waals surface area (Å²) in [6.45, 7) is 3.62. The molecule has 0 radical (unpaired) electrons. The molecule has 4 rings (SSSR count). The number of methoxy groups -OCH3 is 1. The Morgan fingerprint density at radius 3 is 2.32 bits per heavy atom. The highest BCUT2D eigenvalue weighted by Crippen LogP contribution is 2.39. The molecule has 0 unspecified atom stereocenters. The quantitative estimate of drug-likeness (QED) is 0.311. The van der Waals surface area contributed by atoms with Gasteiger partial charge in [0.1, 0.15) is 4.90 Å². The first-order chi connectivity index (χ1) is 16.2. The predicted octanol–water partition coefficient (Wildman–Crippen LogP) is 5.34. The predicted molar refractivity (Wildman–Crippen MR) is 135 cm³/mol. The molecule has 1 aliphatic rings. The molecular formula is C25H21BrN2O5S. The second-order valence-corrected chi connectivity index (χ2v) is 9.98. The maximum absolute atomic E-state index is 13.0. The lowest BCUT2D eigenvalue weighted by Crippen LogP contribution is -2.21. The molecule has 0 saturated heterocycles. The third-order valence-corrected chi connectivity index (χ3v) is 6.95. The van der Waals surface area contributed by atoms with E-state index >= 15 is 0 Å². The van der Waals surface area contributed by atoms with E-state index in [1.165, 1.54) is 24.3 Å². The molecule has 1 amide bonds. The maximum atomic E-state index is 13.0. The van der Waals surface area contributed by atoms with Crippen molar-refractivity contribution in [2.24, 2.45) is 5.10 Å². The Hall–Kier alpha value is -3.43. The highest BCUT2D eigenvalue weighted by atomic mass is 79.9. The minimum atomic E-state index is -4.08. The first-order valence-electron chi connectivity index (χ1n) is 10.2. The van der Waals surface area contributed by atoms with E-state index in [0.717, 1.165) is 5.56 Å². The van der Waals surface area contributed by atoms with Crippen LogP contribution in [0.1, 0.15) is 18.1 Å². The number of carbonyl (C=O) groups excluding carboxylic acids is 1. The lowest BCUT2D eigenvalue weighted by Gasteiger charge is -2.14. The monoisotopic (exact) mass is 540 g/mol. The summed E-state index contributed by atoms with van der Waals surface area (Å²) >= 11 is 3.38. The Bertz CT molecular complexity index is 1420. The van der Waals surface area contributed by atoms with Gasteiger partial charge >= 0.3 is 10.1 Å². The average molecular weight is 541 g/mol. The van der Waals surface area contributed by atoms with Gasteiger partial charge in [-0.25, -0.2) is 0 Å². The normalized spacial score (nSPS) is 14.9. The van der Waals surface area contributed by atoms with E-state index in [4.69, 9.17) is 8.92 Å². The highest BCUT2D eigenvalue weighted by molar-refractivity contribution is 9.10. The van der Waals surface area contributed by atoms with Crippen LogP contribution in [0.15, 0.2) is 86.8 Å². The zero-order valence-electron chi connectivity index (χ0n) is 18.7. The number of hydrogen-bond acceptors (Lipinski definition) is 6. The zero-order chi connectivity index (χ0) is 24.5. The Labute approximate surface area is 206 Å². The van der Waals surface area contributed by atoms with E-state index in [9.17, 15) is 13.2 Å². The number of hydrogen-bond donors (Lipinski definition) is 0. The minimum absolute atomic E-state index is 0.0132. The average Bonchev–Trinajstić information content (AvgIpc) is 3.09. The van der Waals surface area contributed by atoms with Gasteiger partial charge in [-0.05, 0) is 77.8 Å². The lowest BCUT2D eigenvalue weighted by atomic mass is 10.1. The van der Waals surface area contributed by atoms with Crippen LogP contribution in [0.4, 0.5) is 5.69 Å². The van der Waals surface area contributed by atoms with Gasteiger partial charge in [-0.15, -0.1) is 0 Å². The van der Waals surface area contributed by atoms with Gasteiger partial charge in [-0.2, -0.15) is 18.5 Å². The fraction of sp³-hybridized carbons (Fsp3) is 0.120. The van der Waals surface area contributed by atoms with Crippen LogP contribution in [0, 0.1) is 6.92 Å². The number of halogens is 1. The lowest BCUT2D eigenvalue weighted by molar-refractivity contribution is -0.114. The first kappa shape index (κ1) is 23.7. The number of amides is 1. The summed E-state index contributed by atoms with van der Waals surface area (Å²) in [5.74, 6) is -0.0581. The van der Waals surface area contributed by atoms with Gasteiger partial charge in [-0.1, -0.05) is 35.9 Å².